The van der Waals surface area contributed by atoms with Crippen molar-refractivity contribution in [1.29, 1.82) is 0 Å². The molecule has 0 aliphatic carbocycles. The summed E-state index contributed by atoms with van der Waals surface area (Å²) < 4.78 is 0. The summed E-state index contributed by atoms with van der Waals surface area (Å²) in [6, 6.07) is 4.63. The number of aliphatic hydroxyl groups excluding tert-OH is 1. The van der Waals surface area contributed by atoms with Crippen molar-refractivity contribution < 1.29 is 5.11 Å². The Morgan fingerprint density at radius 1 is 1.32 bits per heavy atom. The number of anilines is 1. The van der Waals surface area contributed by atoms with Gasteiger partial charge in [0.1, 0.15) is 5.82 Å². The Morgan fingerprint density at radius 2 is 2.16 bits per heavy atom. The molecule has 0 aromatic carbocycles. The second-order valence-corrected chi connectivity index (χ2v) is 5.75. The highest BCUT2D eigenvalue weighted by Gasteiger charge is 2.29. The molecule has 0 amide bonds. The Morgan fingerprint density at radius 3 is 3.00 bits per heavy atom. The van der Waals surface area contributed by atoms with Crippen LogP contribution < -0.4 is 4.90 Å². The summed E-state index contributed by atoms with van der Waals surface area (Å²) in [5, 5.41) is 9.70. The Balaban J connectivity index is 1.79. The SMILES string of the molecule is C[C@H](O)c1ccnc(N2CCCN3CCCC3C2)c1. The fourth-order valence-electron chi connectivity index (χ4n) is 3.28. The van der Waals surface area contributed by atoms with E-state index >= 15 is 0 Å². The van der Waals surface area contributed by atoms with E-state index in [1.54, 1.807) is 6.92 Å². The van der Waals surface area contributed by atoms with Crippen molar-refractivity contribution in [3.63, 3.8) is 0 Å². The van der Waals surface area contributed by atoms with E-state index in [9.17, 15) is 5.11 Å². The van der Waals surface area contributed by atoms with E-state index in [4.69, 9.17) is 0 Å². The first kappa shape index (κ1) is 12.9. The van der Waals surface area contributed by atoms with Crippen LogP contribution in [-0.4, -0.2) is 47.2 Å². The van der Waals surface area contributed by atoms with Crippen molar-refractivity contribution in [2.75, 3.05) is 31.1 Å². The van der Waals surface area contributed by atoms with Gasteiger partial charge in [-0.3, -0.25) is 4.90 Å². The lowest BCUT2D eigenvalue weighted by atomic mass is 10.1. The lowest BCUT2D eigenvalue weighted by Crippen LogP contribution is -2.37. The molecule has 3 rings (SSSR count). The van der Waals surface area contributed by atoms with Crippen LogP contribution in [0.1, 0.15) is 37.9 Å². The van der Waals surface area contributed by atoms with Crippen LogP contribution in [0.5, 0.6) is 0 Å². The third-order valence-corrected chi connectivity index (χ3v) is 4.38. The van der Waals surface area contributed by atoms with Crippen LogP contribution in [0, 0.1) is 0 Å². The van der Waals surface area contributed by atoms with Gasteiger partial charge in [-0.2, -0.15) is 0 Å². The number of hydrogen-bond acceptors (Lipinski definition) is 4. The zero-order valence-corrected chi connectivity index (χ0v) is 11.6. The molecule has 0 saturated carbocycles. The van der Waals surface area contributed by atoms with Crippen LogP contribution in [-0.2, 0) is 0 Å². The molecule has 2 aliphatic rings. The topological polar surface area (TPSA) is 39.6 Å². The average molecular weight is 261 g/mol. The zero-order chi connectivity index (χ0) is 13.2. The highest BCUT2D eigenvalue weighted by molar-refractivity contribution is 5.42. The van der Waals surface area contributed by atoms with Crippen molar-refractivity contribution >= 4 is 5.82 Å². The first-order chi connectivity index (χ1) is 9.24. The number of aliphatic hydroxyl groups is 1. The molecular formula is C15H23N3O. The largest absolute Gasteiger partial charge is 0.389 e. The number of rotatable bonds is 2. The molecule has 0 spiro atoms. The molecule has 4 nitrogen and oxygen atoms in total. The van der Waals surface area contributed by atoms with Gasteiger partial charge in [-0.25, -0.2) is 4.98 Å². The van der Waals surface area contributed by atoms with Crippen LogP contribution in [0.3, 0.4) is 0 Å². The van der Waals surface area contributed by atoms with Gasteiger partial charge in [-0.15, -0.1) is 0 Å². The van der Waals surface area contributed by atoms with Gasteiger partial charge in [0.05, 0.1) is 6.10 Å². The van der Waals surface area contributed by atoms with Gasteiger partial charge in [0.2, 0.25) is 0 Å². The molecule has 1 aromatic heterocycles. The zero-order valence-electron chi connectivity index (χ0n) is 11.6. The normalized spacial score (nSPS) is 26.0. The summed E-state index contributed by atoms with van der Waals surface area (Å²) in [6.07, 6.45) is 5.24. The molecule has 2 saturated heterocycles. The number of pyridine rings is 1. The summed E-state index contributed by atoms with van der Waals surface area (Å²) >= 11 is 0. The molecule has 2 fully saturated rings. The number of hydrogen-bond donors (Lipinski definition) is 1. The van der Waals surface area contributed by atoms with Gasteiger partial charge in [-0.1, -0.05) is 0 Å². The third-order valence-electron chi connectivity index (χ3n) is 4.38. The van der Waals surface area contributed by atoms with E-state index in [0.29, 0.717) is 6.04 Å². The molecule has 2 atom stereocenters. The summed E-state index contributed by atoms with van der Waals surface area (Å²) in [7, 11) is 0. The maximum Gasteiger partial charge on any atom is 0.128 e. The highest BCUT2D eigenvalue weighted by atomic mass is 16.3. The fourth-order valence-corrected chi connectivity index (χ4v) is 3.28. The number of nitrogens with zero attached hydrogens (tertiary/aromatic N) is 3. The van der Waals surface area contributed by atoms with E-state index < -0.39 is 6.10 Å². The van der Waals surface area contributed by atoms with Crippen molar-refractivity contribution in [2.24, 2.45) is 0 Å². The Hall–Kier alpha value is -1.13. The summed E-state index contributed by atoms with van der Waals surface area (Å²) in [4.78, 5) is 9.51. The second kappa shape index (κ2) is 5.47. The fraction of sp³-hybridized carbons (Fsp3) is 0.667. The monoisotopic (exact) mass is 261 g/mol. The van der Waals surface area contributed by atoms with Crippen LogP contribution in [0.25, 0.3) is 0 Å². The Labute approximate surface area is 115 Å². The van der Waals surface area contributed by atoms with Crippen molar-refractivity contribution in [3.05, 3.63) is 23.9 Å². The molecule has 19 heavy (non-hydrogen) atoms. The van der Waals surface area contributed by atoms with Crippen LogP contribution in [0.15, 0.2) is 18.3 Å². The second-order valence-electron chi connectivity index (χ2n) is 5.75. The number of fused-ring (bicyclic) bond motifs is 1. The Kier molecular flexibility index (Phi) is 3.71. The standard InChI is InChI=1S/C15H23N3O/c1-12(19)13-5-6-16-15(10-13)18-9-3-8-17-7-2-4-14(17)11-18/h5-6,10,12,14,19H,2-4,7-9,11H2,1H3/t12-,14?/m0/s1. The van der Waals surface area contributed by atoms with E-state index in [2.05, 4.69) is 14.8 Å². The predicted octanol–water partition coefficient (Wildman–Crippen LogP) is 1.81. The molecule has 1 aromatic rings. The molecule has 1 unspecified atom stereocenters. The summed E-state index contributed by atoms with van der Waals surface area (Å²) in [5.74, 6) is 1.02. The minimum Gasteiger partial charge on any atom is -0.389 e. The van der Waals surface area contributed by atoms with Gasteiger partial charge < -0.3 is 10.0 Å². The Bertz CT molecular complexity index is 435. The maximum atomic E-state index is 9.70. The maximum absolute atomic E-state index is 9.70. The lowest BCUT2D eigenvalue weighted by Gasteiger charge is -2.26. The summed E-state index contributed by atoms with van der Waals surface area (Å²) in [6.45, 7) is 6.44. The minimum atomic E-state index is -0.420. The van der Waals surface area contributed by atoms with Gasteiger partial charge in [0.15, 0.2) is 0 Å². The number of aromatic nitrogens is 1. The van der Waals surface area contributed by atoms with Crippen molar-refractivity contribution in [2.45, 2.75) is 38.3 Å². The van der Waals surface area contributed by atoms with Crippen LogP contribution in [0.4, 0.5) is 5.82 Å². The molecular weight excluding hydrogens is 238 g/mol. The quantitative estimate of drug-likeness (QED) is 0.881. The smallest absolute Gasteiger partial charge is 0.128 e. The minimum absolute atomic E-state index is 0.420. The van der Waals surface area contributed by atoms with Gasteiger partial charge in [0, 0.05) is 31.9 Å². The van der Waals surface area contributed by atoms with E-state index in [-0.39, 0.29) is 0 Å². The molecule has 1 N–H and O–H groups in total. The van der Waals surface area contributed by atoms with Gasteiger partial charge in [0.25, 0.3) is 0 Å². The first-order valence-corrected chi connectivity index (χ1v) is 7.37. The molecule has 3 heterocycles. The lowest BCUT2D eigenvalue weighted by molar-refractivity contribution is 0.199. The summed E-state index contributed by atoms with van der Waals surface area (Å²) in [5.41, 5.74) is 0.956. The third kappa shape index (κ3) is 2.74. The molecule has 104 valence electrons. The van der Waals surface area contributed by atoms with Crippen LogP contribution >= 0.6 is 0 Å². The van der Waals surface area contributed by atoms with E-state index in [0.717, 1.165) is 24.5 Å². The van der Waals surface area contributed by atoms with Crippen molar-refractivity contribution in [1.82, 2.24) is 9.88 Å². The molecule has 2 aliphatic heterocycles. The van der Waals surface area contributed by atoms with E-state index in [1.807, 2.05) is 18.3 Å². The van der Waals surface area contributed by atoms with Crippen molar-refractivity contribution in [3.8, 4) is 0 Å². The van der Waals surface area contributed by atoms with Crippen LogP contribution in [0.2, 0.25) is 0 Å². The molecule has 0 radical (unpaired) electrons. The first-order valence-electron chi connectivity index (χ1n) is 7.37. The average Bonchev–Trinajstić information content (AvgIpc) is 2.76. The van der Waals surface area contributed by atoms with E-state index in [1.165, 1.54) is 32.4 Å². The molecule has 0 bridgehead atoms. The predicted molar refractivity (Wildman–Crippen MR) is 76.3 cm³/mol. The molecule has 4 heteroatoms. The van der Waals surface area contributed by atoms with Gasteiger partial charge in [-0.05, 0) is 50.4 Å². The highest BCUT2D eigenvalue weighted by Crippen LogP contribution is 2.25. The van der Waals surface area contributed by atoms with Gasteiger partial charge >= 0.3 is 0 Å².